The Bertz CT molecular complexity index is 2090. The van der Waals surface area contributed by atoms with Crippen LogP contribution in [0.5, 0.6) is 0 Å². The van der Waals surface area contributed by atoms with Crippen LogP contribution in [0, 0.1) is 13.0 Å². The molecule has 0 spiro atoms. The molecule has 7 heteroatoms. The van der Waals surface area contributed by atoms with Gasteiger partial charge in [-0.1, -0.05) is 77.7 Å². The van der Waals surface area contributed by atoms with Crippen molar-refractivity contribution in [3.63, 3.8) is 0 Å². The molecule has 0 aliphatic carbocycles. The molecule has 7 rings (SSSR count). The number of pyridine rings is 2. The molecule has 43 heavy (non-hydrogen) atoms. The van der Waals surface area contributed by atoms with Gasteiger partial charge < -0.3 is 18.9 Å². The standard InChI is InChI=1S/C31H19N2O2.C5H8O2.Ir/c1-19-15-16-23-22-13-8-14-24(30(22)35-31(23)33-19)26-17-25-27(18-32-26)34-29(21-11-6-3-7-12-21)28(25)20-9-4-2-5-10-20;1-4(6)3-5(2)7;/h2-13,15-18H,1H3;3,6H,1-2H3;/q-1;;/b;4-3-;. The molecule has 4 aromatic heterocycles. The minimum Gasteiger partial charge on any atom is -0.512 e. The van der Waals surface area contributed by atoms with E-state index in [9.17, 15) is 4.79 Å². The molecule has 1 N–H and O–H groups in total. The molecule has 4 heterocycles. The van der Waals surface area contributed by atoms with Crippen LogP contribution in [0.3, 0.4) is 0 Å². The fourth-order valence-corrected chi connectivity index (χ4v) is 5.02. The van der Waals surface area contributed by atoms with Gasteiger partial charge in [-0.25, -0.2) is 4.98 Å². The van der Waals surface area contributed by atoms with Gasteiger partial charge in [-0.15, -0.1) is 18.2 Å². The molecule has 0 bridgehead atoms. The number of aromatic nitrogens is 2. The second-order valence-electron chi connectivity index (χ2n) is 10.0. The molecular formula is C36H27IrN2O4-. The topological polar surface area (TPSA) is 89.4 Å². The van der Waals surface area contributed by atoms with Gasteiger partial charge in [-0.05, 0) is 44.2 Å². The first kappa shape index (κ1) is 29.6. The molecule has 0 saturated carbocycles. The Balaban J connectivity index is 0.000000415. The fraction of sp³-hybridized carbons (Fsp3) is 0.0833. The van der Waals surface area contributed by atoms with Crippen LogP contribution in [0.4, 0.5) is 0 Å². The van der Waals surface area contributed by atoms with E-state index in [-0.39, 0.29) is 31.6 Å². The van der Waals surface area contributed by atoms with Crippen molar-refractivity contribution in [2.45, 2.75) is 20.8 Å². The minimum absolute atomic E-state index is 0. The van der Waals surface area contributed by atoms with Gasteiger partial charge in [0.25, 0.3) is 0 Å². The van der Waals surface area contributed by atoms with Gasteiger partial charge >= 0.3 is 0 Å². The molecule has 0 atom stereocenters. The first-order valence-corrected chi connectivity index (χ1v) is 13.5. The number of allylic oxidation sites excluding steroid dienone is 2. The van der Waals surface area contributed by atoms with Gasteiger partial charge in [0.05, 0.1) is 17.5 Å². The van der Waals surface area contributed by atoms with Gasteiger partial charge in [-0.3, -0.25) is 4.79 Å². The summed E-state index contributed by atoms with van der Waals surface area (Å²) in [6, 6.07) is 33.9. The number of aliphatic hydroxyl groups is 1. The molecule has 7 aromatic rings. The van der Waals surface area contributed by atoms with Crippen molar-refractivity contribution in [1.29, 1.82) is 0 Å². The predicted molar refractivity (Wildman–Crippen MR) is 166 cm³/mol. The largest absolute Gasteiger partial charge is 0.512 e. The molecule has 0 aliphatic rings. The maximum Gasteiger partial charge on any atom is 0.216 e. The number of aliphatic hydroxyl groups excluding tert-OH is 1. The Morgan fingerprint density at radius 1 is 0.860 bits per heavy atom. The maximum absolute atomic E-state index is 10.0. The average molecular weight is 744 g/mol. The van der Waals surface area contributed by atoms with Crippen LogP contribution in [-0.2, 0) is 24.9 Å². The zero-order valence-corrected chi connectivity index (χ0v) is 26.1. The first-order chi connectivity index (χ1) is 20.4. The van der Waals surface area contributed by atoms with Crippen molar-refractivity contribution in [2.24, 2.45) is 0 Å². The van der Waals surface area contributed by atoms with Crippen molar-refractivity contribution in [1.82, 2.24) is 9.97 Å². The number of hydrogen-bond donors (Lipinski definition) is 1. The number of benzene rings is 3. The van der Waals surface area contributed by atoms with Gasteiger partial charge in [-0.2, -0.15) is 0 Å². The van der Waals surface area contributed by atoms with E-state index in [0.29, 0.717) is 5.71 Å². The van der Waals surface area contributed by atoms with Crippen molar-refractivity contribution in [2.75, 3.05) is 0 Å². The Labute approximate surface area is 262 Å². The van der Waals surface area contributed by atoms with Crippen LogP contribution in [0.15, 0.2) is 118 Å². The van der Waals surface area contributed by atoms with E-state index in [1.807, 2.05) is 61.5 Å². The molecule has 0 fully saturated rings. The van der Waals surface area contributed by atoms with E-state index < -0.39 is 0 Å². The molecule has 0 amide bonds. The zero-order valence-electron chi connectivity index (χ0n) is 23.7. The molecular weight excluding hydrogens is 717 g/mol. The normalized spacial score (nSPS) is 11.3. The van der Waals surface area contributed by atoms with E-state index in [2.05, 4.69) is 47.4 Å². The van der Waals surface area contributed by atoms with Crippen molar-refractivity contribution in [3.05, 3.63) is 121 Å². The summed E-state index contributed by atoms with van der Waals surface area (Å²) in [6.45, 7) is 4.81. The number of carbonyl (C=O) groups excluding carboxylic acids is 1. The maximum atomic E-state index is 10.0. The number of aryl methyl sites for hydroxylation is 1. The Morgan fingerprint density at radius 3 is 2.21 bits per heavy atom. The monoisotopic (exact) mass is 744 g/mol. The van der Waals surface area contributed by atoms with Crippen LogP contribution in [0.2, 0.25) is 0 Å². The summed E-state index contributed by atoms with van der Waals surface area (Å²) in [6.07, 6.45) is 2.96. The number of rotatable bonds is 4. The van der Waals surface area contributed by atoms with Crippen molar-refractivity contribution in [3.8, 4) is 33.7 Å². The minimum atomic E-state index is -0.125. The van der Waals surface area contributed by atoms with E-state index >= 15 is 0 Å². The summed E-state index contributed by atoms with van der Waals surface area (Å²) in [5.74, 6) is 0.767. The Morgan fingerprint density at radius 2 is 1.56 bits per heavy atom. The molecule has 0 saturated heterocycles. The zero-order chi connectivity index (χ0) is 29.2. The van der Waals surface area contributed by atoms with Crippen LogP contribution in [-0.4, -0.2) is 20.9 Å². The predicted octanol–water partition coefficient (Wildman–Crippen LogP) is 9.27. The van der Waals surface area contributed by atoms with E-state index in [0.717, 1.165) is 66.7 Å². The second kappa shape index (κ2) is 12.6. The van der Waals surface area contributed by atoms with E-state index in [1.54, 1.807) is 6.20 Å². The van der Waals surface area contributed by atoms with E-state index in [4.69, 9.17) is 18.9 Å². The summed E-state index contributed by atoms with van der Waals surface area (Å²) in [4.78, 5) is 19.3. The van der Waals surface area contributed by atoms with Gasteiger partial charge in [0, 0.05) is 53.8 Å². The third-order valence-electron chi connectivity index (χ3n) is 6.78. The molecule has 3 aromatic carbocycles. The molecule has 0 aliphatic heterocycles. The van der Waals surface area contributed by atoms with E-state index in [1.165, 1.54) is 19.9 Å². The summed E-state index contributed by atoms with van der Waals surface area (Å²) >= 11 is 0. The third-order valence-corrected chi connectivity index (χ3v) is 6.78. The molecule has 0 unspecified atom stereocenters. The number of carbonyl (C=O) groups is 1. The number of nitrogens with zero attached hydrogens (tertiary/aromatic N) is 2. The quantitative estimate of drug-likeness (QED) is 0.110. The number of ketones is 1. The molecule has 1 radical (unpaired) electrons. The van der Waals surface area contributed by atoms with Crippen LogP contribution < -0.4 is 0 Å². The average Bonchev–Trinajstić information content (AvgIpc) is 3.55. The second-order valence-corrected chi connectivity index (χ2v) is 10.0. The van der Waals surface area contributed by atoms with Gasteiger partial charge in [0.2, 0.25) is 5.71 Å². The fourth-order valence-electron chi connectivity index (χ4n) is 5.02. The first-order valence-electron chi connectivity index (χ1n) is 13.5. The van der Waals surface area contributed by atoms with Gasteiger partial charge in [0.1, 0.15) is 5.76 Å². The SMILES string of the molecule is CC(=O)/C=C(/C)O.Cc1ccc2c(n1)oc1c(-c3cc4c(-c5ccccc5)c(-c5ccccc5)oc4cn3)[c-]ccc12.[Ir]. The van der Waals surface area contributed by atoms with Gasteiger partial charge in [0.15, 0.2) is 11.4 Å². The smallest absolute Gasteiger partial charge is 0.216 e. The number of fused-ring (bicyclic) bond motifs is 4. The van der Waals surface area contributed by atoms with Crippen LogP contribution in [0.1, 0.15) is 19.5 Å². The van der Waals surface area contributed by atoms with Crippen molar-refractivity contribution < 1.29 is 38.8 Å². The van der Waals surface area contributed by atoms with Crippen LogP contribution >= 0.6 is 0 Å². The molecule has 6 nitrogen and oxygen atoms in total. The summed E-state index contributed by atoms with van der Waals surface area (Å²) < 4.78 is 12.6. The summed E-state index contributed by atoms with van der Waals surface area (Å²) in [5, 5.41) is 11.3. The Kier molecular flexibility index (Phi) is 8.67. The summed E-state index contributed by atoms with van der Waals surface area (Å²) in [7, 11) is 0. The summed E-state index contributed by atoms with van der Waals surface area (Å²) in [5.41, 5.74) is 7.76. The Hall–Kier alpha value is -4.84. The van der Waals surface area contributed by atoms with Crippen LogP contribution in [0.25, 0.3) is 66.7 Å². The number of hydrogen-bond acceptors (Lipinski definition) is 6. The third kappa shape index (κ3) is 6.05. The number of furan rings is 2. The van der Waals surface area contributed by atoms with Crippen molar-refractivity contribution >= 4 is 38.8 Å². The molecule has 215 valence electrons.